The topological polar surface area (TPSA) is 41.6 Å². The van der Waals surface area contributed by atoms with Crippen LogP contribution in [-0.4, -0.2) is 42.3 Å². The normalized spacial score (nSPS) is 18.5. The van der Waals surface area contributed by atoms with E-state index in [2.05, 4.69) is 5.32 Å². The highest BCUT2D eigenvalue weighted by atomic mass is 19.1. The Labute approximate surface area is 150 Å². The fraction of sp³-hybridized carbons (Fsp3) is 0.550. The predicted molar refractivity (Wildman–Crippen MR) is 98.9 cm³/mol. The van der Waals surface area contributed by atoms with E-state index in [4.69, 9.17) is 4.74 Å². The van der Waals surface area contributed by atoms with Gasteiger partial charge in [0.05, 0.1) is 0 Å². The molecule has 138 valence electrons. The minimum atomic E-state index is -0.466. The van der Waals surface area contributed by atoms with E-state index in [1.165, 1.54) is 12.1 Å². The first kappa shape index (κ1) is 19.4. The number of ether oxygens (including phenoxy) is 1. The van der Waals surface area contributed by atoms with Crippen LogP contribution < -0.4 is 5.32 Å². The van der Waals surface area contributed by atoms with Crippen LogP contribution in [0, 0.1) is 5.82 Å². The molecule has 0 radical (unpaired) electrons. The van der Waals surface area contributed by atoms with E-state index in [-0.39, 0.29) is 18.0 Å². The number of nitrogens with one attached hydrogen (secondary N) is 1. The van der Waals surface area contributed by atoms with Crippen molar-refractivity contribution in [3.63, 3.8) is 0 Å². The Morgan fingerprint density at radius 2 is 2.04 bits per heavy atom. The summed E-state index contributed by atoms with van der Waals surface area (Å²) in [6, 6.07) is 6.63. The van der Waals surface area contributed by atoms with Crippen molar-refractivity contribution in [3.05, 3.63) is 41.2 Å². The van der Waals surface area contributed by atoms with Gasteiger partial charge in [0.1, 0.15) is 11.4 Å². The average Bonchev–Trinajstić information content (AvgIpc) is 2.96. The quantitative estimate of drug-likeness (QED) is 0.866. The zero-order valence-corrected chi connectivity index (χ0v) is 15.6. The van der Waals surface area contributed by atoms with Gasteiger partial charge in [0.15, 0.2) is 0 Å². The predicted octanol–water partition coefficient (Wildman–Crippen LogP) is 4.22. The summed E-state index contributed by atoms with van der Waals surface area (Å²) in [6.07, 6.45) is 3.81. The summed E-state index contributed by atoms with van der Waals surface area (Å²) in [6.45, 7) is 9.93. The third-order valence-corrected chi connectivity index (χ3v) is 4.07. The number of nitrogens with zero attached hydrogens (tertiary/aromatic N) is 1. The SMILES string of the molecule is CC(=Cc1ccc(F)cc1)CNC[C@@H]1CCCN1C(=O)OC(C)(C)C. The standard InChI is InChI=1S/C20H29FN2O2/c1-15(12-16-7-9-17(21)10-8-16)13-22-14-18-6-5-11-23(18)19(24)25-20(2,3)4/h7-10,12,18,22H,5-6,11,13-14H2,1-4H3/t18-/m0/s1. The number of hydrogen-bond acceptors (Lipinski definition) is 3. The van der Waals surface area contributed by atoms with E-state index in [0.717, 1.165) is 43.6 Å². The molecule has 0 aliphatic carbocycles. The summed E-state index contributed by atoms with van der Waals surface area (Å²) in [5, 5.41) is 3.41. The lowest BCUT2D eigenvalue weighted by Crippen LogP contribution is -2.44. The molecule has 1 aromatic carbocycles. The second-order valence-electron chi connectivity index (χ2n) is 7.64. The molecule has 0 saturated carbocycles. The molecule has 1 amide bonds. The van der Waals surface area contributed by atoms with Crippen molar-refractivity contribution in [1.29, 1.82) is 0 Å². The molecule has 1 fully saturated rings. The summed E-state index contributed by atoms with van der Waals surface area (Å²) in [4.78, 5) is 14.1. The molecule has 0 aromatic heterocycles. The van der Waals surface area contributed by atoms with Crippen molar-refractivity contribution in [1.82, 2.24) is 10.2 Å². The number of likely N-dealkylation sites (tertiary alicyclic amines) is 1. The molecule has 1 aliphatic heterocycles. The molecule has 2 rings (SSSR count). The number of halogens is 1. The fourth-order valence-electron chi connectivity index (χ4n) is 2.94. The second-order valence-corrected chi connectivity index (χ2v) is 7.64. The van der Waals surface area contributed by atoms with Gasteiger partial charge < -0.3 is 15.0 Å². The minimum Gasteiger partial charge on any atom is -0.444 e. The molecule has 25 heavy (non-hydrogen) atoms. The zero-order chi connectivity index (χ0) is 18.4. The van der Waals surface area contributed by atoms with Crippen molar-refractivity contribution < 1.29 is 13.9 Å². The second kappa shape index (κ2) is 8.48. The van der Waals surface area contributed by atoms with Crippen LogP contribution in [0.3, 0.4) is 0 Å². The summed E-state index contributed by atoms with van der Waals surface area (Å²) >= 11 is 0. The summed E-state index contributed by atoms with van der Waals surface area (Å²) in [7, 11) is 0. The monoisotopic (exact) mass is 348 g/mol. The largest absolute Gasteiger partial charge is 0.444 e. The lowest BCUT2D eigenvalue weighted by Gasteiger charge is -2.28. The van der Waals surface area contributed by atoms with Gasteiger partial charge in [-0.1, -0.05) is 23.8 Å². The Balaban J connectivity index is 1.81. The summed E-state index contributed by atoms with van der Waals surface area (Å²) in [5.41, 5.74) is 1.68. The smallest absolute Gasteiger partial charge is 0.410 e. The van der Waals surface area contributed by atoms with Crippen molar-refractivity contribution in [3.8, 4) is 0 Å². The molecule has 1 heterocycles. The molecule has 0 bridgehead atoms. The number of benzene rings is 1. The van der Waals surface area contributed by atoms with Gasteiger partial charge in [0.25, 0.3) is 0 Å². The van der Waals surface area contributed by atoms with Gasteiger partial charge in [0, 0.05) is 25.7 Å². The first-order valence-electron chi connectivity index (χ1n) is 8.88. The average molecular weight is 348 g/mol. The Bertz CT molecular complexity index is 605. The minimum absolute atomic E-state index is 0.175. The number of amides is 1. The fourth-order valence-corrected chi connectivity index (χ4v) is 2.94. The van der Waals surface area contributed by atoms with Crippen LogP contribution in [0.25, 0.3) is 6.08 Å². The molecule has 1 saturated heterocycles. The van der Waals surface area contributed by atoms with E-state index in [1.54, 1.807) is 12.1 Å². The van der Waals surface area contributed by atoms with Crippen LogP contribution in [0.5, 0.6) is 0 Å². The number of carbonyl (C=O) groups excluding carboxylic acids is 1. The molecule has 4 nitrogen and oxygen atoms in total. The third kappa shape index (κ3) is 6.50. The Morgan fingerprint density at radius 3 is 2.68 bits per heavy atom. The lowest BCUT2D eigenvalue weighted by atomic mass is 10.1. The molecule has 5 heteroatoms. The molecule has 0 unspecified atom stereocenters. The Kier molecular flexibility index (Phi) is 6.59. The first-order valence-corrected chi connectivity index (χ1v) is 8.88. The molecular formula is C20H29FN2O2. The number of rotatable bonds is 5. The Morgan fingerprint density at radius 1 is 1.36 bits per heavy atom. The maximum absolute atomic E-state index is 12.9. The highest BCUT2D eigenvalue weighted by Crippen LogP contribution is 2.20. The maximum Gasteiger partial charge on any atom is 0.410 e. The molecule has 0 spiro atoms. The summed E-state index contributed by atoms with van der Waals surface area (Å²) in [5.74, 6) is -0.226. The lowest BCUT2D eigenvalue weighted by molar-refractivity contribution is 0.0227. The number of hydrogen-bond donors (Lipinski definition) is 1. The highest BCUT2D eigenvalue weighted by molar-refractivity contribution is 5.69. The van der Waals surface area contributed by atoms with Crippen LogP contribution in [0.15, 0.2) is 29.8 Å². The number of carbonyl (C=O) groups is 1. The van der Waals surface area contributed by atoms with E-state index < -0.39 is 5.60 Å². The molecule has 1 N–H and O–H groups in total. The van der Waals surface area contributed by atoms with E-state index in [9.17, 15) is 9.18 Å². The maximum atomic E-state index is 12.9. The molecule has 1 atom stereocenters. The summed E-state index contributed by atoms with van der Waals surface area (Å²) < 4.78 is 18.4. The highest BCUT2D eigenvalue weighted by Gasteiger charge is 2.31. The van der Waals surface area contributed by atoms with E-state index >= 15 is 0 Å². The van der Waals surface area contributed by atoms with Crippen molar-refractivity contribution in [2.75, 3.05) is 19.6 Å². The van der Waals surface area contributed by atoms with Gasteiger partial charge in [-0.2, -0.15) is 0 Å². The Hall–Kier alpha value is -1.88. The van der Waals surface area contributed by atoms with Gasteiger partial charge in [-0.25, -0.2) is 9.18 Å². The van der Waals surface area contributed by atoms with Gasteiger partial charge in [-0.3, -0.25) is 0 Å². The van der Waals surface area contributed by atoms with Crippen molar-refractivity contribution in [2.24, 2.45) is 0 Å². The van der Waals surface area contributed by atoms with E-state index in [0.29, 0.717) is 0 Å². The molecule has 1 aromatic rings. The van der Waals surface area contributed by atoms with Crippen LogP contribution in [0.2, 0.25) is 0 Å². The van der Waals surface area contributed by atoms with E-state index in [1.807, 2.05) is 38.7 Å². The van der Waals surface area contributed by atoms with Gasteiger partial charge in [-0.05, 0) is 58.2 Å². The van der Waals surface area contributed by atoms with Crippen LogP contribution in [-0.2, 0) is 4.74 Å². The molecular weight excluding hydrogens is 319 g/mol. The van der Waals surface area contributed by atoms with Crippen LogP contribution >= 0.6 is 0 Å². The van der Waals surface area contributed by atoms with Gasteiger partial charge >= 0.3 is 6.09 Å². The zero-order valence-electron chi connectivity index (χ0n) is 15.6. The molecule has 1 aliphatic rings. The van der Waals surface area contributed by atoms with Crippen molar-refractivity contribution in [2.45, 2.75) is 52.2 Å². The van der Waals surface area contributed by atoms with Gasteiger partial charge in [-0.15, -0.1) is 0 Å². The van der Waals surface area contributed by atoms with Crippen LogP contribution in [0.4, 0.5) is 9.18 Å². The van der Waals surface area contributed by atoms with Crippen LogP contribution in [0.1, 0.15) is 46.1 Å². The van der Waals surface area contributed by atoms with Gasteiger partial charge in [0.2, 0.25) is 0 Å². The van der Waals surface area contributed by atoms with Crippen molar-refractivity contribution >= 4 is 12.2 Å². The third-order valence-electron chi connectivity index (χ3n) is 4.07. The first-order chi connectivity index (χ1) is 11.7.